The molecule has 2 aliphatic carbocycles. The van der Waals surface area contributed by atoms with E-state index >= 15 is 0 Å². The Kier molecular flexibility index (Phi) is 2.32. The van der Waals surface area contributed by atoms with Gasteiger partial charge in [0.05, 0.1) is 12.2 Å². The summed E-state index contributed by atoms with van der Waals surface area (Å²) in [4.78, 5) is 0. The van der Waals surface area contributed by atoms with Crippen LogP contribution in [0.1, 0.15) is 46.5 Å². The first kappa shape index (κ1) is 11.7. The van der Waals surface area contributed by atoms with Crippen LogP contribution >= 0.6 is 0 Å². The minimum Gasteiger partial charge on any atom is -0.349 e. The number of ether oxygens (including phenoxy) is 2. The molecule has 0 N–H and O–H groups in total. The molecule has 0 aromatic heterocycles. The molecule has 3 fully saturated rings. The van der Waals surface area contributed by atoms with E-state index in [2.05, 4.69) is 27.4 Å². The van der Waals surface area contributed by atoms with Gasteiger partial charge >= 0.3 is 0 Å². The highest BCUT2D eigenvalue weighted by Gasteiger charge is 2.70. The van der Waals surface area contributed by atoms with Crippen LogP contribution in [0.4, 0.5) is 0 Å². The van der Waals surface area contributed by atoms with Gasteiger partial charge in [0.15, 0.2) is 6.29 Å². The van der Waals surface area contributed by atoms with Gasteiger partial charge in [-0.3, -0.25) is 0 Å². The van der Waals surface area contributed by atoms with Gasteiger partial charge in [0.1, 0.15) is 0 Å². The first-order chi connectivity index (χ1) is 7.95. The molecule has 1 saturated heterocycles. The average molecular weight is 236 g/mol. The molecule has 0 aromatic rings. The molecule has 1 aliphatic heterocycles. The lowest BCUT2D eigenvalue weighted by Gasteiger charge is -2.51. The molecule has 3 rings (SSSR count). The summed E-state index contributed by atoms with van der Waals surface area (Å²) in [5, 5.41) is 0. The summed E-state index contributed by atoms with van der Waals surface area (Å²) in [7, 11) is 0. The van der Waals surface area contributed by atoms with Crippen molar-refractivity contribution >= 4 is 0 Å². The highest BCUT2D eigenvalue weighted by molar-refractivity contribution is 5.19. The second-order valence-corrected chi connectivity index (χ2v) is 6.83. The van der Waals surface area contributed by atoms with Gasteiger partial charge in [0, 0.05) is 11.8 Å². The quantitative estimate of drug-likeness (QED) is 0.649. The molecule has 0 amide bonds. The fourth-order valence-corrected chi connectivity index (χ4v) is 4.72. The van der Waals surface area contributed by atoms with Gasteiger partial charge < -0.3 is 9.47 Å². The Morgan fingerprint density at radius 2 is 2.00 bits per heavy atom. The molecule has 4 unspecified atom stereocenters. The van der Waals surface area contributed by atoms with Crippen LogP contribution in [0.2, 0.25) is 0 Å². The lowest BCUT2D eigenvalue weighted by Crippen LogP contribution is -2.54. The van der Waals surface area contributed by atoms with Crippen LogP contribution in [0.15, 0.2) is 12.7 Å². The van der Waals surface area contributed by atoms with Crippen molar-refractivity contribution in [3.63, 3.8) is 0 Å². The summed E-state index contributed by atoms with van der Waals surface area (Å²) >= 11 is 0. The molecule has 1 heterocycles. The first-order valence-electron chi connectivity index (χ1n) is 6.87. The summed E-state index contributed by atoms with van der Waals surface area (Å²) in [6, 6.07) is 0. The molecule has 2 heteroatoms. The molecule has 2 bridgehead atoms. The van der Waals surface area contributed by atoms with Gasteiger partial charge in [0.2, 0.25) is 0 Å². The van der Waals surface area contributed by atoms with E-state index in [0.717, 1.165) is 18.9 Å². The zero-order valence-corrected chi connectivity index (χ0v) is 11.3. The SMILES string of the molecule is C=CC1OCCC2(CC3CCC2(C)C3(C)C)O1. The third-order valence-corrected chi connectivity index (χ3v) is 6.34. The predicted molar refractivity (Wildman–Crippen MR) is 67.6 cm³/mol. The highest BCUT2D eigenvalue weighted by Crippen LogP contribution is 2.72. The maximum absolute atomic E-state index is 6.32. The summed E-state index contributed by atoms with van der Waals surface area (Å²) in [5.74, 6) is 0.816. The second kappa shape index (κ2) is 3.36. The van der Waals surface area contributed by atoms with Crippen molar-refractivity contribution < 1.29 is 9.47 Å². The van der Waals surface area contributed by atoms with Crippen LogP contribution < -0.4 is 0 Å². The zero-order valence-electron chi connectivity index (χ0n) is 11.3. The van der Waals surface area contributed by atoms with Gasteiger partial charge in [-0.15, -0.1) is 0 Å². The molecule has 96 valence electrons. The van der Waals surface area contributed by atoms with E-state index in [4.69, 9.17) is 9.47 Å². The number of hydrogen-bond acceptors (Lipinski definition) is 2. The first-order valence-corrected chi connectivity index (χ1v) is 6.87. The normalized spacial score (nSPS) is 51.9. The number of rotatable bonds is 1. The standard InChI is InChI=1S/C15H24O2/c1-5-12-16-9-8-15(17-12)10-11-6-7-14(15,4)13(11,2)3/h5,11-12H,1,6-10H2,2-4H3. The summed E-state index contributed by atoms with van der Waals surface area (Å²) in [6.45, 7) is 11.9. The minimum atomic E-state index is -0.198. The van der Waals surface area contributed by atoms with Crippen molar-refractivity contribution in [3.05, 3.63) is 12.7 Å². The van der Waals surface area contributed by atoms with Gasteiger partial charge in [-0.2, -0.15) is 0 Å². The Balaban J connectivity index is 1.97. The molecule has 1 spiro atoms. The van der Waals surface area contributed by atoms with Crippen LogP contribution in [0.3, 0.4) is 0 Å². The summed E-state index contributed by atoms with van der Waals surface area (Å²) in [5.41, 5.74) is 0.738. The number of hydrogen-bond donors (Lipinski definition) is 0. The van der Waals surface area contributed by atoms with Crippen LogP contribution in [-0.2, 0) is 9.47 Å². The molecular weight excluding hydrogens is 212 g/mol. The van der Waals surface area contributed by atoms with Crippen molar-refractivity contribution in [1.29, 1.82) is 0 Å². The molecule has 2 saturated carbocycles. The summed E-state index contributed by atoms with van der Waals surface area (Å²) < 4.78 is 11.9. The van der Waals surface area contributed by atoms with Crippen molar-refractivity contribution in [1.82, 2.24) is 0 Å². The van der Waals surface area contributed by atoms with Gasteiger partial charge in [0.25, 0.3) is 0 Å². The third kappa shape index (κ3) is 1.23. The second-order valence-electron chi connectivity index (χ2n) is 6.83. The average Bonchev–Trinajstić information content (AvgIpc) is 2.61. The van der Waals surface area contributed by atoms with Gasteiger partial charge in [-0.05, 0) is 36.7 Å². The molecule has 0 aromatic carbocycles. The van der Waals surface area contributed by atoms with Crippen LogP contribution in [0.5, 0.6) is 0 Å². The maximum Gasteiger partial charge on any atom is 0.177 e. The molecule has 17 heavy (non-hydrogen) atoms. The fraction of sp³-hybridized carbons (Fsp3) is 0.867. The van der Waals surface area contributed by atoms with Crippen molar-refractivity contribution in [2.45, 2.75) is 58.3 Å². The van der Waals surface area contributed by atoms with Crippen LogP contribution in [0.25, 0.3) is 0 Å². The topological polar surface area (TPSA) is 18.5 Å². The maximum atomic E-state index is 6.32. The third-order valence-electron chi connectivity index (χ3n) is 6.34. The van der Waals surface area contributed by atoms with E-state index in [1.54, 1.807) is 6.08 Å². The minimum absolute atomic E-state index is 0.0382. The van der Waals surface area contributed by atoms with Crippen molar-refractivity contribution in [2.75, 3.05) is 6.61 Å². The molecule has 2 nitrogen and oxygen atoms in total. The van der Waals surface area contributed by atoms with E-state index in [0.29, 0.717) is 10.8 Å². The van der Waals surface area contributed by atoms with Crippen LogP contribution in [0, 0.1) is 16.7 Å². The largest absolute Gasteiger partial charge is 0.349 e. The van der Waals surface area contributed by atoms with E-state index in [1.165, 1.54) is 19.3 Å². The van der Waals surface area contributed by atoms with Crippen LogP contribution in [-0.4, -0.2) is 18.5 Å². The van der Waals surface area contributed by atoms with E-state index in [1.807, 2.05) is 0 Å². The van der Waals surface area contributed by atoms with E-state index in [-0.39, 0.29) is 11.9 Å². The molecule has 3 aliphatic rings. The Hall–Kier alpha value is -0.340. The summed E-state index contributed by atoms with van der Waals surface area (Å²) in [6.07, 6.45) is 6.53. The zero-order chi connectivity index (χ0) is 12.3. The smallest absolute Gasteiger partial charge is 0.177 e. The Bertz CT molecular complexity index is 349. The fourth-order valence-electron chi connectivity index (χ4n) is 4.72. The monoisotopic (exact) mass is 236 g/mol. The van der Waals surface area contributed by atoms with Crippen molar-refractivity contribution in [2.24, 2.45) is 16.7 Å². The molecular formula is C15H24O2. The van der Waals surface area contributed by atoms with Crippen molar-refractivity contribution in [3.8, 4) is 0 Å². The van der Waals surface area contributed by atoms with E-state index in [9.17, 15) is 0 Å². The Labute approximate surface area is 104 Å². The highest BCUT2D eigenvalue weighted by atomic mass is 16.7. The lowest BCUT2D eigenvalue weighted by atomic mass is 9.63. The predicted octanol–water partition coefficient (Wildman–Crippen LogP) is 3.52. The Morgan fingerprint density at radius 1 is 1.24 bits per heavy atom. The van der Waals surface area contributed by atoms with Gasteiger partial charge in [-0.1, -0.05) is 27.4 Å². The lowest BCUT2D eigenvalue weighted by molar-refractivity contribution is -0.273. The Morgan fingerprint density at radius 3 is 2.53 bits per heavy atom. The molecule has 4 atom stereocenters. The number of fused-ring (bicyclic) bond motifs is 3. The molecule has 0 radical (unpaired) electrons. The van der Waals surface area contributed by atoms with Gasteiger partial charge in [-0.25, -0.2) is 0 Å². The van der Waals surface area contributed by atoms with E-state index < -0.39 is 0 Å².